The van der Waals surface area contributed by atoms with Crippen molar-refractivity contribution in [3.63, 3.8) is 0 Å². The van der Waals surface area contributed by atoms with E-state index in [0.717, 1.165) is 34.3 Å². The molecule has 0 radical (unpaired) electrons. The molecule has 0 saturated heterocycles. The number of nitrogens with one attached hydrogen (secondary N) is 1. The SMILES string of the molecule is Cc1cc(Cl)c(NC2CCCC2CN)cc1Cl. The van der Waals surface area contributed by atoms with Crippen LogP contribution in [0.2, 0.25) is 10.0 Å². The molecule has 2 atom stereocenters. The Bertz CT molecular complexity index is 407. The lowest BCUT2D eigenvalue weighted by Gasteiger charge is -2.21. The standard InChI is InChI=1S/C13H18Cl2N2/c1-8-5-11(15)13(6-10(8)14)17-12-4-2-3-9(12)7-16/h5-6,9,12,17H,2-4,7,16H2,1H3. The third-order valence-corrected chi connectivity index (χ3v) is 4.27. The second-order valence-electron chi connectivity index (χ2n) is 4.76. The summed E-state index contributed by atoms with van der Waals surface area (Å²) in [5.41, 5.74) is 7.70. The summed E-state index contributed by atoms with van der Waals surface area (Å²) in [6.07, 6.45) is 3.59. The van der Waals surface area contributed by atoms with Crippen LogP contribution in [0, 0.1) is 12.8 Å². The van der Waals surface area contributed by atoms with Gasteiger partial charge in [-0.2, -0.15) is 0 Å². The Hall–Kier alpha value is -0.440. The number of anilines is 1. The van der Waals surface area contributed by atoms with Crippen LogP contribution in [0.15, 0.2) is 12.1 Å². The Balaban J connectivity index is 2.15. The zero-order valence-electron chi connectivity index (χ0n) is 9.97. The summed E-state index contributed by atoms with van der Waals surface area (Å²) in [4.78, 5) is 0. The van der Waals surface area contributed by atoms with Gasteiger partial charge in [0.1, 0.15) is 0 Å². The lowest BCUT2D eigenvalue weighted by molar-refractivity contribution is 0.516. The van der Waals surface area contributed by atoms with Crippen molar-refractivity contribution in [2.24, 2.45) is 11.7 Å². The van der Waals surface area contributed by atoms with Crippen molar-refractivity contribution >= 4 is 28.9 Å². The summed E-state index contributed by atoms with van der Waals surface area (Å²) in [5, 5.41) is 4.96. The van der Waals surface area contributed by atoms with E-state index < -0.39 is 0 Å². The van der Waals surface area contributed by atoms with Gasteiger partial charge in [-0.25, -0.2) is 0 Å². The monoisotopic (exact) mass is 272 g/mol. The van der Waals surface area contributed by atoms with E-state index >= 15 is 0 Å². The van der Waals surface area contributed by atoms with Crippen LogP contribution in [0.25, 0.3) is 0 Å². The van der Waals surface area contributed by atoms with Gasteiger partial charge in [0.05, 0.1) is 10.7 Å². The van der Waals surface area contributed by atoms with Gasteiger partial charge in [-0.15, -0.1) is 0 Å². The van der Waals surface area contributed by atoms with Crippen LogP contribution in [-0.4, -0.2) is 12.6 Å². The number of aryl methyl sites for hydroxylation is 1. The molecular weight excluding hydrogens is 255 g/mol. The van der Waals surface area contributed by atoms with E-state index in [0.29, 0.717) is 12.0 Å². The van der Waals surface area contributed by atoms with Gasteiger partial charge in [-0.05, 0) is 49.9 Å². The third-order valence-electron chi connectivity index (χ3n) is 3.55. The highest BCUT2D eigenvalue weighted by Gasteiger charge is 2.26. The molecule has 0 aliphatic heterocycles. The van der Waals surface area contributed by atoms with Gasteiger partial charge in [-0.3, -0.25) is 0 Å². The van der Waals surface area contributed by atoms with E-state index in [1.54, 1.807) is 0 Å². The molecule has 1 fully saturated rings. The number of benzene rings is 1. The minimum absolute atomic E-state index is 0.427. The fourth-order valence-corrected chi connectivity index (χ4v) is 2.90. The summed E-state index contributed by atoms with van der Waals surface area (Å²) in [6, 6.07) is 4.24. The van der Waals surface area contributed by atoms with E-state index in [2.05, 4.69) is 5.32 Å². The maximum atomic E-state index is 6.22. The molecule has 17 heavy (non-hydrogen) atoms. The molecule has 0 bridgehead atoms. The van der Waals surface area contributed by atoms with E-state index in [-0.39, 0.29) is 0 Å². The molecule has 2 unspecified atom stereocenters. The van der Waals surface area contributed by atoms with Crippen LogP contribution in [0.5, 0.6) is 0 Å². The van der Waals surface area contributed by atoms with Gasteiger partial charge in [0.2, 0.25) is 0 Å². The zero-order valence-corrected chi connectivity index (χ0v) is 11.5. The predicted molar refractivity (Wildman–Crippen MR) is 75.0 cm³/mol. The first-order valence-electron chi connectivity index (χ1n) is 6.04. The average molecular weight is 273 g/mol. The summed E-state index contributed by atoms with van der Waals surface area (Å²) in [6.45, 7) is 2.69. The number of halogens is 2. The molecule has 0 amide bonds. The molecular formula is C13H18Cl2N2. The lowest BCUT2D eigenvalue weighted by atomic mass is 10.0. The van der Waals surface area contributed by atoms with Gasteiger partial charge in [0, 0.05) is 11.1 Å². The molecule has 94 valence electrons. The van der Waals surface area contributed by atoms with Crippen molar-refractivity contribution < 1.29 is 0 Å². The summed E-state index contributed by atoms with van der Waals surface area (Å²) in [5.74, 6) is 0.547. The minimum atomic E-state index is 0.427. The highest BCUT2D eigenvalue weighted by molar-refractivity contribution is 6.35. The highest BCUT2D eigenvalue weighted by Crippen LogP contribution is 2.33. The molecule has 1 aromatic rings. The topological polar surface area (TPSA) is 38.0 Å². The largest absolute Gasteiger partial charge is 0.381 e. The maximum absolute atomic E-state index is 6.22. The van der Waals surface area contributed by atoms with Gasteiger partial charge >= 0.3 is 0 Å². The molecule has 1 aromatic carbocycles. The highest BCUT2D eigenvalue weighted by atomic mass is 35.5. The number of hydrogen-bond donors (Lipinski definition) is 2. The molecule has 0 spiro atoms. The van der Waals surface area contributed by atoms with Crippen molar-refractivity contribution in [1.82, 2.24) is 0 Å². The van der Waals surface area contributed by atoms with Gasteiger partial charge in [-0.1, -0.05) is 29.6 Å². The first-order valence-corrected chi connectivity index (χ1v) is 6.79. The third kappa shape index (κ3) is 2.87. The van der Waals surface area contributed by atoms with Gasteiger partial charge in [0.15, 0.2) is 0 Å². The van der Waals surface area contributed by atoms with Crippen molar-refractivity contribution in [2.45, 2.75) is 32.2 Å². The van der Waals surface area contributed by atoms with Crippen LogP contribution >= 0.6 is 23.2 Å². The first kappa shape index (κ1) is 13.0. The van der Waals surface area contributed by atoms with Crippen LogP contribution in [0.4, 0.5) is 5.69 Å². The summed E-state index contributed by atoms with van der Waals surface area (Å²) < 4.78 is 0. The first-order chi connectivity index (χ1) is 8.11. The van der Waals surface area contributed by atoms with Gasteiger partial charge in [0.25, 0.3) is 0 Å². The average Bonchev–Trinajstić information content (AvgIpc) is 2.73. The molecule has 1 aliphatic carbocycles. The fraction of sp³-hybridized carbons (Fsp3) is 0.538. The van der Waals surface area contributed by atoms with Crippen LogP contribution < -0.4 is 11.1 Å². The number of rotatable bonds is 3. The van der Waals surface area contributed by atoms with Crippen molar-refractivity contribution in [3.8, 4) is 0 Å². The molecule has 1 aliphatic rings. The van der Waals surface area contributed by atoms with E-state index in [4.69, 9.17) is 28.9 Å². The predicted octanol–water partition coefficient (Wildman–Crippen LogP) is 3.84. The minimum Gasteiger partial charge on any atom is -0.381 e. The molecule has 2 rings (SSSR count). The molecule has 2 nitrogen and oxygen atoms in total. The van der Waals surface area contributed by atoms with Crippen molar-refractivity contribution in [2.75, 3.05) is 11.9 Å². The van der Waals surface area contributed by atoms with Gasteiger partial charge < -0.3 is 11.1 Å². The smallest absolute Gasteiger partial charge is 0.0641 e. The zero-order chi connectivity index (χ0) is 12.4. The Labute approximate surface area is 112 Å². The second kappa shape index (κ2) is 5.47. The molecule has 4 heteroatoms. The number of nitrogens with two attached hydrogens (primary N) is 1. The Morgan fingerprint density at radius 3 is 2.76 bits per heavy atom. The van der Waals surface area contributed by atoms with E-state index in [9.17, 15) is 0 Å². The molecule has 0 heterocycles. The fourth-order valence-electron chi connectivity index (χ4n) is 2.47. The quantitative estimate of drug-likeness (QED) is 0.878. The maximum Gasteiger partial charge on any atom is 0.0641 e. The molecule has 3 N–H and O–H groups in total. The normalized spacial score (nSPS) is 24.0. The molecule has 0 aromatic heterocycles. The summed E-state index contributed by atoms with van der Waals surface area (Å²) in [7, 11) is 0. The second-order valence-corrected chi connectivity index (χ2v) is 5.57. The number of hydrogen-bond acceptors (Lipinski definition) is 2. The van der Waals surface area contributed by atoms with E-state index in [1.165, 1.54) is 12.8 Å². The Morgan fingerprint density at radius 2 is 2.06 bits per heavy atom. The Morgan fingerprint density at radius 1 is 1.29 bits per heavy atom. The summed E-state index contributed by atoms with van der Waals surface area (Å²) >= 11 is 12.3. The van der Waals surface area contributed by atoms with Crippen LogP contribution in [0.1, 0.15) is 24.8 Å². The Kier molecular flexibility index (Phi) is 4.18. The van der Waals surface area contributed by atoms with Crippen molar-refractivity contribution in [3.05, 3.63) is 27.7 Å². The van der Waals surface area contributed by atoms with Crippen LogP contribution in [0.3, 0.4) is 0 Å². The van der Waals surface area contributed by atoms with Crippen molar-refractivity contribution in [1.29, 1.82) is 0 Å². The van der Waals surface area contributed by atoms with E-state index in [1.807, 2.05) is 19.1 Å². The lowest BCUT2D eigenvalue weighted by Crippen LogP contribution is -2.29. The molecule has 1 saturated carbocycles. The van der Waals surface area contributed by atoms with Crippen LogP contribution in [-0.2, 0) is 0 Å².